The number of carbonyl (C=O) groups is 1. The lowest BCUT2D eigenvalue weighted by Crippen LogP contribution is -2.46. The maximum absolute atomic E-state index is 12.8. The number of nitrogens with one attached hydrogen (secondary N) is 1. The highest BCUT2D eigenvalue weighted by Gasteiger charge is 2.51. The second-order valence-electron chi connectivity index (χ2n) is 10.4. The van der Waals surface area contributed by atoms with Crippen LogP contribution in [0.1, 0.15) is 66.3 Å². The summed E-state index contributed by atoms with van der Waals surface area (Å²) in [6, 6.07) is 7.63. The number of carbonyl (C=O) groups excluding carboxylic acids is 1. The van der Waals surface area contributed by atoms with Crippen molar-refractivity contribution in [3.05, 3.63) is 36.3 Å². The molecule has 1 aromatic carbocycles. The Hall–Kier alpha value is -2.16. The molecule has 172 valence electrons. The molecule has 7 nitrogen and oxygen atoms in total. The number of aromatic amines is 1. The van der Waals surface area contributed by atoms with Crippen LogP contribution < -0.4 is 11.2 Å². The summed E-state index contributed by atoms with van der Waals surface area (Å²) in [7, 11) is -0.380. The van der Waals surface area contributed by atoms with Gasteiger partial charge in [-0.1, -0.05) is 38.1 Å². The van der Waals surface area contributed by atoms with Gasteiger partial charge in [0.1, 0.15) is 5.82 Å². The number of H-pyrrole nitrogens is 1. The van der Waals surface area contributed by atoms with Gasteiger partial charge in [0.05, 0.1) is 35.2 Å². The molecule has 0 bridgehead atoms. The molecule has 1 amide bonds. The van der Waals surface area contributed by atoms with Crippen molar-refractivity contribution in [1.29, 1.82) is 0 Å². The van der Waals surface area contributed by atoms with Gasteiger partial charge < -0.3 is 24.9 Å². The molecule has 0 spiro atoms. The second-order valence-corrected chi connectivity index (χ2v) is 10.4. The first-order chi connectivity index (χ1) is 15.0. The molecule has 2 saturated heterocycles. The highest BCUT2D eigenvalue weighted by molar-refractivity contribution is 6.62. The zero-order valence-corrected chi connectivity index (χ0v) is 20.0. The Bertz CT molecular complexity index is 954. The number of nitrogens with two attached hydrogens (primary N) is 1. The molecule has 0 radical (unpaired) electrons. The van der Waals surface area contributed by atoms with E-state index in [-0.39, 0.29) is 36.2 Å². The maximum Gasteiger partial charge on any atom is 0.494 e. The third-order valence-electron chi connectivity index (χ3n) is 7.20. The van der Waals surface area contributed by atoms with Crippen molar-refractivity contribution < 1.29 is 14.1 Å². The second kappa shape index (κ2) is 8.32. The smallest absolute Gasteiger partial charge is 0.399 e. The number of hydrogen-bond donors (Lipinski definition) is 2. The number of imidazole rings is 1. The van der Waals surface area contributed by atoms with Gasteiger partial charge >= 0.3 is 7.12 Å². The van der Waals surface area contributed by atoms with Gasteiger partial charge in [-0.2, -0.15) is 0 Å². The Morgan fingerprint density at radius 3 is 2.41 bits per heavy atom. The van der Waals surface area contributed by atoms with E-state index in [9.17, 15) is 4.79 Å². The van der Waals surface area contributed by atoms with Crippen LogP contribution in [0, 0.1) is 5.92 Å². The predicted octanol–water partition coefficient (Wildman–Crippen LogP) is 3.02. The Morgan fingerprint density at radius 1 is 1.19 bits per heavy atom. The lowest BCUT2D eigenvalue weighted by molar-refractivity contribution is -0.134. The summed E-state index contributed by atoms with van der Waals surface area (Å²) in [6.07, 6.45) is 3.69. The zero-order valence-electron chi connectivity index (χ0n) is 20.0. The fourth-order valence-electron chi connectivity index (χ4n) is 4.24. The molecule has 2 aliphatic heterocycles. The van der Waals surface area contributed by atoms with Crippen molar-refractivity contribution in [3.63, 3.8) is 0 Å². The number of amides is 1. The predicted molar refractivity (Wildman–Crippen MR) is 126 cm³/mol. The van der Waals surface area contributed by atoms with E-state index >= 15 is 0 Å². The Morgan fingerprint density at radius 2 is 1.81 bits per heavy atom. The number of rotatable bonds is 5. The molecular formula is C24H35BN4O3. The molecule has 0 unspecified atom stereocenters. The van der Waals surface area contributed by atoms with Crippen LogP contribution in [-0.2, 0) is 14.1 Å². The average Bonchev–Trinajstić information content (AvgIpc) is 3.45. The van der Waals surface area contributed by atoms with E-state index < -0.39 is 6.04 Å². The molecule has 8 heteroatoms. The first kappa shape index (κ1) is 23.0. The van der Waals surface area contributed by atoms with E-state index in [1.807, 2.05) is 49.2 Å². The standard InChI is InChI=1S/C24H35BN4O3/c1-15(2)20(26)22(30)29-13-7-8-19(29)21-27-14-18(28-21)16-9-11-17(12-10-16)25-31-23(3,4)24(5,6)32-25/h9-12,14-15,19-20H,7-8,13,26H2,1-6H3,(H,27,28)/t19-,20-/m0/s1. The van der Waals surface area contributed by atoms with Crippen molar-refractivity contribution in [2.24, 2.45) is 11.7 Å². The minimum absolute atomic E-state index is 0.00668. The zero-order chi connectivity index (χ0) is 23.3. The Balaban J connectivity index is 1.49. The summed E-state index contributed by atoms with van der Waals surface area (Å²) in [5, 5.41) is 0. The summed E-state index contributed by atoms with van der Waals surface area (Å²) in [5.41, 5.74) is 8.34. The first-order valence-corrected chi connectivity index (χ1v) is 11.6. The highest BCUT2D eigenvalue weighted by Crippen LogP contribution is 2.37. The van der Waals surface area contributed by atoms with Crippen molar-refractivity contribution >= 4 is 18.5 Å². The third-order valence-corrected chi connectivity index (χ3v) is 7.20. The molecule has 4 rings (SSSR count). The summed E-state index contributed by atoms with van der Waals surface area (Å²) in [5.74, 6) is 0.933. The van der Waals surface area contributed by atoms with Gasteiger partial charge in [-0.3, -0.25) is 4.79 Å². The van der Waals surface area contributed by atoms with Crippen LogP contribution >= 0.6 is 0 Å². The molecule has 32 heavy (non-hydrogen) atoms. The number of likely N-dealkylation sites (tertiary alicyclic amines) is 1. The average molecular weight is 438 g/mol. The lowest BCUT2D eigenvalue weighted by atomic mass is 9.79. The van der Waals surface area contributed by atoms with Crippen LogP contribution in [0.2, 0.25) is 0 Å². The van der Waals surface area contributed by atoms with Crippen LogP contribution in [0.25, 0.3) is 11.3 Å². The topological polar surface area (TPSA) is 93.5 Å². The van der Waals surface area contributed by atoms with E-state index in [0.717, 1.165) is 41.9 Å². The highest BCUT2D eigenvalue weighted by atomic mass is 16.7. The fraction of sp³-hybridized carbons (Fsp3) is 0.583. The molecule has 1 aromatic heterocycles. The normalized spacial score (nSPS) is 23.2. The molecule has 2 atom stereocenters. The summed E-state index contributed by atoms with van der Waals surface area (Å²) in [4.78, 5) is 22.8. The van der Waals surface area contributed by atoms with Crippen LogP contribution in [-0.4, -0.2) is 51.7 Å². The molecule has 2 fully saturated rings. The van der Waals surface area contributed by atoms with Gasteiger partial charge in [-0.25, -0.2) is 4.98 Å². The van der Waals surface area contributed by atoms with Gasteiger partial charge in [0.2, 0.25) is 5.91 Å². The summed E-state index contributed by atoms with van der Waals surface area (Å²) in [6.45, 7) is 12.9. The SMILES string of the molecule is CC(C)[C@H](N)C(=O)N1CCC[C@H]1c1ncc(-c2ccc(B3OC(C)(C)C(C)(C)O3)cc2)[nH]1. The summed E-state index contributed by atoms with van der Waals surface area (Å²) >= 11 is 0. The van der Waals surface area contributed by atoms with Crippen molar-refractivity contribution in [2.45, 2.75) is 77.7 Å². The Kier molecular flexibility index (Phi) is 5.99. The molecule has 2 aromatic rings. The van der Waals surface area contributed by atoms with E-state index in [2.05, 4.69) is 37.7 Å². The van der Waals surface area contributed by atoms with E-state index in [1.165, 1.54) is 0 Å². The number of nitrogens with zero attached hydrogens (tertiary/aromatic N) is 2. The van der Waals surface area contributed by atoms with Gasteiger partial charge in [0.15, 0.2) is 0 Å². The quantitative estimate of drug-likeness (QED) is 0.700. The monoisotopic (exact) mass is 438 g/mol. The minimum Gasteiger partial charge on any atom is -0.399 e. The van der Waals surface area contributed by atoms with E-state index in [1.54, 1.807) is 0 Å². The number of aromatic nitrogens is 2. The largest absolute Gasteiger partial charge is 0.494 e. The van der Waals surface area contributed by atoms with E-state index in [4.69, 9.17) is 15.0 Å². The Labute approximate surface area is 191 Å². The summed E-state index contributed by atoms with van der Waals surface area (Å²) < 4.78 is 12.3. The van der Waals surface area contributed by atoms with Crippen LogP contribution in [0.3, 0.4) is 0 Å². The first-order valence-electron chi connectivity index (χ1n) is 11.6. The minimum atomic E-state index is -0.479. The van der Waals surface area contributed by atoms with Crippen molar-refractivity contribution in [2.75, 3.05) is 6.54 Å². The van der Waals surface area contributed by atoms with E-state index in [0.29, 0.717) is 0 Å². The van der Waals surface area contributed by atoms with Crippen LogP contribution in [0.4, 0.5) is 0 Å². The third kappa shape index (κ3) is 4.11. The maximum atomic E-state index is 12.8. The molecule has 0 saturated carbocycles. The molecule has 0 aliphatic carbocycles. The van der Waals surface area contributed by atoms with Crippen molar-refractivity contribution in [1.82, 2.24) is 14.9 Å². The van der Waals surface area contributed by atoms with Crippen molar-refractivity contribution in [3.8, 4) is 11.3 Å². The molecular weight excluding hydrogens is 403 g/mol. The lowest BCUT2D eigenvalue weighted by Gasteiger charge is -2.32. The van der Waals surface area contributed by atoms with Crippen LogP contribution in [0.5, 0.6) is 0 Å². The van der Waals surface area contributed by atoms with Crippen LogP contribution in [0.15, 0.2) is 30.5 Å². The van der Waals surface area contributed by atoms with Gasteiger partial charge in [-0.15, -0.1) is 0 Å². The van der Waals surface area contributed by atoms with Gasteiger partial charge in [-0.05, 0) is 57.5 Å². The number of benzene rings is 1. The fourth-order valence-corrected chi connectivity index (χ4v) is 4.24. The van der Waals surface area contributed by atoms with Gasteiger partial charge in [0, 0.05) is 6.54 Å². The molecule has 3 N–H and O–H groups in total. The molecule has 2 aliphatic rings. The number of hydrogen-bond acceptors (Lipinski definition) is 5. The molecule has 3 heterocycles. The van der Waals surface area contributed by atoms with Gasteiger partial charge in [0.25, 0.3) is 0 Å².